The van der Waals surface area contributed by atoms with Gasteiger partial charge in [0.15, 0.2) is 0 Å². The van der Waals surface area contributed by atoms with Crippen molar-refractivity contribution in [2.45, 2.75) is 39.3 Å². The van der Waals surface area contributed by atoms with Crippen LogP contribution in [0.3, 0.4) is 0 Å². The monoisotopic (exact) mass is 283 g/mol. The third-order valence-electron chi connectivity index (χ3n) is 2.67. The van der Waals surface area contributed by atoms with Crippen molar-refractivity contribution in [1.29, 1.82) is 0 Å². The molecule has 0 saturated heterocycles. The number of halogens is 1. The lowest BCUT2D eigenvalue weighted by molar-refractivity contribution is -0.131. The van der Waals surface area contributed by atoms with Crippen LogP contribution in [0.4, 0.5) is 4.39 Å². The van der Waals surface area contributed by atoms with Gasteiger partial charge in [-0.3, -0.25) is 4.79 Å². The minimum Gasteiger partial charge on any atom is -0.496 e. The second-order valence-electron chi connectivity index (χ2n) is 5.58. The van der Waals surface area contributed by atoms with E-state index in [2.05, 4.69) is 5.32 Å². The van der Waals surface area contributed by atoms with E-state index in [1.807, 2.05) is 20.8 Å². The molecule has 1 aromatic rings. The van der Waals surface area contributed by atoms with Gasteiger partial charge in [0.1, 0.15) is 18.2 Å². The van der Waals surface area contributed by atoms with Crippen molar-refractivity contribution in [2.75, 3.05) is 13.7 Å². The quantitative estimate of drug-likeness (QED) is 0.904. The molecule has 1 rings (SSSR count). The minimum atomic E-state index is -0.378. The molecular formula is C15H22FNO3. The lowest BCUT2D eigenvalue weighted by atomic mass is 10.1. The number of rotatable bonds is 5. The number of methoxy groups -OCH3 is 1. The molecule has 0 aliphatic heterocycles. The second-order valence-corrected chi connectivity index (χ2v) is 5.58. The number of carbonyl (C=O) groups excluding carboxylic acids is 1. The highest BCUT2D eigenvalue weighted by Gasteiger charge is 2.17. The first-order valence-electron chi connectivity index (χ1n) is 6.49. The Morgan fingerprint density at radius 1 is 1.40 bits per heavy atom. The van der Waals surface area contributed by atoms with E-state index in [9.17, 15) is 9.18 Å². The number of carbonyl (C=O) groups is 1. The van der Waals surface area contributed by atoms with Crippen LogP contribution < -0.4 is 10.1 Å². The molecule has 1 unspecified atom stereocenters. The zero-order valence-corrected chi connectivity index (χ0v) is 12.6. The summed E-state index contributed by atoms with van der Waals surface area (Å²) in [6.45, 7) is 7.36. The highest BCUT2D eigenvalue weighted by Crippen LogP contribution is 2.25. The van der Waals surface area contributed by atoms with Crippen LogP contribution >= 0.6 is 0 Å². The van der Waals surface area contributed by atoms with E-state index >= 15 is 0 Å². The SMILES string of the molecule is COc1ccc(F)cc1C(C)NC(=O)COC(C)(C)C. The molecule has 1 atom stereocenters. The predicted octanol–water partition coefficient (Wildman–Crippen LogP) is 2.83. The molecule has 0 fully saturated rings. The molecule has 0 heterocycles. The van der Waals surface area contributed by atoms with Crippen LogP contribution in [-0.2, 0) is 9.53 Å². The van der Waals surface area contributed by atoms with E-state index in [1.54, 1.807) is 13.0 Å². The van der Waals surface area contributed by atoms with Crippen LogP contribution in [0.2, 0.25) is 0 Å². The number of benzene rings is 1. The van der Waals surface area contributed by atoms with Gasteiger partial charge in [-0.2, -0.15) is 0 Å². The van der Waals surface area contributed by atoms with E-state index < -0.39 is 0 Å². The van der Waals surface area contributed by atoms with Gasteiger partial charge in [0.2, 0.25) is 5.91 Å². The standard InChI is InChI=1S/C15H22FNO3/c1-10(17-14(18)9-20-15(2,3)4)12-8-11(16)6-7-13(12)19-5/h6-8,10H,9H2,1-5H3,(H,17,18). The molecule has 112 valence electrons. The van der Waals surface area contributed by atoms with Gasteiger partial charge < -0.3 is 14.8 Å². The summed E-state index contributed by atoms with van der Waals surface area (Å²) in [5, 5.41) is 2.76. The zero-order chi connectivity index (χ0) is 15.3. The van der Waals surface area contributed by atoms with Crippen LogP contribution in [0, 0.1) is 5.82 Å². The van der Waals surface area contributed by atoms with Crippen LogP contribution in [-0.4, -0.2) is 25.2 Å². The number of nitrogens with one attached hydrogen (secondary N) is 1. The molecule has 0 radical (unpaired) electrons. The van der Waals surface area contributed by atoms with Crippen molar-refractivity contribution in [3.8, 4) is 5.75 Å². The molecule has 4 nitrogen and oxygen atoms in total. The lowest BCUT2D eigenvalue weighted by Gasteiger charge is -2.21. The highest BCUT2D eigenvalue weighted by molar-refractivity contribution is 5.77. The summed E-state index contributed by atoms with van der Waals surface area (Å²) in [5.74, 6) is -0.0810. The summed E-state index contributed by atoms with van der Waals surface area (Å²) in [6.07, 6.45) is 0. The number of hydrogen-bond acceptors (Lipinski definition) is 3. The van der Waals surface area contributed by atoms with Crippen LogP contribution in [0.15, 0.2) is 18.2 Å². The molecule has 1 aromatic carbocycles. The molecule has 0 saturated carbocycles. The van der Waals surface area contributed by atoms with Crippen molar-refractivity contribution in [3.63, 3.8) is 0 Å². The largest absolute Gasteiger partial charge is 0.496 e. The summed E-state index contributed by atoms with van der Waals surface area (Å²) >= 11 is 0. The molecule has 0 bridgehead atoms. The second kappa shape index (κ2) is 6.70. The fourth-order valence-corrected chi connectivity index (χ4v) is 1.69. The lowest BCUT2D eigenvalue weighted by Crippen LogP contribution is -2.33. The topological polar surface area (TPSA) is 47.6 Å². The maximum atomic E-state index is 13.3. The summed E-state index contributed by atoms with van der Waals surface area (Å²) in [7, 11) is 1.51. The summed E-state index contributed by atoms with van der Waals surface area (Å²) in [5.41, 5.74) is 0.216. The van der Waals surface area contributed by atoms with Gasteiger partial charge in [-0.25, -0.2) is 4.39 Å². The number of amides is 1. The molecule has 20 heavy (non-hydrogen) atoms. The Kier molecular flexibility index (Phi) is 5.51. The first-order valence-corrected chi connectivity index (χ1v) is 6.49. The van der Waals surface area contributed by atoms with E-state index in [1.165, 1.54) is 19.2 Å². The average Bonchev–Trinajstić information content (AvgIpc) is 2.35. The molecule has 0 aliphatic carbocycles. The Morgan fingerprint density at radius 2 is 2.05 bits per heavy atom. The fourth-order valence-electron chi connectivity index (χ4n) is 1.69. The maximum Gasteiger partial charge on any atom is 0.246 e. The Bertz CT molecular complexity index is 469. The van der Waals surface area contributed by atoms with Gasteiger partial charge in [0.05, 0.1) is 18.8 Å². The van der Waals surface area contributed by atoms with Gasteiger partial charge in [0.25, 0.3) is 0 Å². The predicted molar refractivity (Wildman–Crippen MR) is 75.2 cm³/mol. The molecule has 5 heteroatoms. The molecule has 0 aliphatic rings. The Hall–Kier alpha value is -1.62. The molecule has 0 spiro atoms. The maximum absolute atomic E-state index is 13.3. The van der Waals surface area contributed by atoms with E-state index in [-0.39, 0.29) is 30.0 Å². The first-order chi connectivity index (χ1) is 9.23. The van der Waals surface area contributed by atoms with E-state index in [0.29, 0.717) is 11.3 Å². The van der Waals surface area contributed by atoms with Crippen molar-refractivity contribution >= 4 is 5.91 Å². The third-order valence-corrected chi connectivity index (χ3v) is 2.67. The summed E-state index contributed by atoms with van der Waals surface area (Å²) in [6, 6.07) is 3.85. The highest BCUT2D eigenvalue weighted by atomic mass is 19.1. The average molecular weight is 283 g/mol. The van der Waals surface area contributed by atoms with Gasteiger partial charge in [-0.1, -0.05) is 0 Å². The third kappa shape index (κ3) is 5.17. The Balaban J connectivity index is 2.69. The fraction of sp³-hybridized carbons (Fsp3) is 0.533. The van der Waals surface area contributed by atoms with Crippen LogP contribution in [0.5, 0.6) is 5.75 Å². The van der Waals surface area contributed by atoms with Crippen molar-refractivity contribution in [1.82, 2.24) is 5.32 Å². The van der Waals surface area contributed by atoms with Gasteiger partial charge in [-0.15, -0.1) is 0 Å². The molecule has 1 N–H and O–H groups in total. The molecule has 0 aromatic heterocycles. The van der Waals surface area contributed by atoms with E-state index in [0.717, 1.165) is 0 Å². The smallest absolute Gasteiger partial charge is 0.246 e. The van der Waals surface area contributed by atoms with Gasteiger partial charge in [-0.05, 0) is 45.9 Å². The van der Waals surface area contributed by atoms with Crippen molar-refractivity contribution in [2.24, 2.45) is 0 Å². The Labute approximate surface area is 119 Å². The van der Waals surface area contributed by atoms with Gasteiger partial charge in [0, 0.05) is 5.56 Å². The number of ether oxygens (including phenoxy) is 2. The minimum absolute atomic E-state index is 0.0362. The van der Waals surface area contributed by atoms with Crippen molar-refractivity contribution in [3.05, 3.63) is 29.6 Å². The van der Waals surface area contributed by atoms with Crippen molar-refractivity contribution < 1.29 is 18.7 Å². The summed E-state index contributed by atoms with van der Waals surface area (Å²) < 4.78 is 23.9. The molecule has 1 amide bonds. The normalized spacial score (nSPS) is 12.9. The van der Waals surface area contributed by atoms with Gasteiger partial charge >= 0.3 is 0 Å². The van der Waals surface area contributed by atoms with Crippen LogP contribution in [0.25, 0.3) is 0 Å². The first kappa shape index (κ1) is 16.4. The van der Waals surface area contributed by atoms with E-state index in [4.69, 9.17) is 9.47 Å². The number of hydrogen-bond donors (Lipinski definition) is 1. The molecular weight excluding hydrogens is 261 g/mol. The summed E-state index contributed by atoms with van der Waals surface area (Å²) in [4.78, 5) is 11.8. The zero-order valence-electron chi connectivity index (χ0n) is 12.6. The van der Waals surface area contributed by atoms with Crippen LogP contribution in [0.1, 0.15) is 39.3 Å². The Morgan fingerprint density at radius 3 is 2.60 bits per heavy atom.